The van der Waals surface area contributed by atoms with Crippen LogP contribution in [0.3, 0.4) is 0 Å². The van der Waals surface area contributed by atoms with Gasteiger partial charge in [-0.25, -0.2) is 4.57 Å². The summed E-state index contributed by atoms with van der Waals surface area (Å²) in [4.78, 5) is 23.3. The van der Waals surface area contributed by atoms with Crippen molar-refractivity contribution in [3.05, 3.63) is 48.6 Å². The zero-order valence-electron chi connectivity index (χ0n) is 44.2. The number of carbonyl (C=O) groups is 1. The number of hydrogen-bond acceptors (Lipinski definition) is 5. The summed E-state index contributed by atoms with van der Waals surface area (Å²) >= 11 is 0. The Hall–Kier alpha value is -1.54. The second kappa shape index (κ2) is 48.5. The van der Waals surface area contributed by atoms with Crippen LogP contribution >= 0.6 is 7.82 Å². The molecule has 0 rings (SSSR count). The number of phosphoric acid groups is 1. The number of phosphoric ester groups is 1. The van der Waals surface area contributed by atoms with Crippen LogP contribution in [0.15, 0.2) is 48.6 Å². The predicted molar refractivity (Wildman–Crippen MR) is 286 cm³/mol. The Bertz CT molecular complexity index is 1210. The first-order valence-corrected chi connectivity index (χ1v) is 29.5. The number of quaternary nitrogens is 1. The van der Waals surface area contributed by atoms with Crippen molar-refractivity contribution in [1.82, 2.24) is 5.32 Å². The van der Waals surface area contributed by atoms with Crippen LogP contribution in [0.1, 0.15) is 258 Å². The molecule has 8 nitrogen and oxygen atoms in total. The third kappa shape index (κ3) is 50.3. The number of hydrogen-bond donors (Lipinski definition) is 3. The molecule has 0 aromatic rings. The van der Waals surface area contributed by atoms with E-state index in [1.165, 1.54) is 193 Å². The molecule has 0 spiro atoms. The van der Waals surface area contributed by atoms with Crippen molar-refractivity contribution in [3.63, 3.8) is 0 Å². The molecule has 0 aromatic heterocycles. The van der Waals surface area contributed by atoms with Crippen molar-refractivity contribution in [2.45, 2.75) is 270 Å². The van der Waals surface area contributed by atoms with Gasteiger partial charge in [-0.05, 0) is 70.6 Å². The smallest absolute Gasteiger partial charge is 0.387 e. The quantitative estimate of drug-likeness (QED) is 0.0243. The van der Waals surface area contributed by atoms with Crippen LogP contribution in [-0.4, -0.2) is 73.4 Å². The topological polar surface area (TPSA) is 105 Å². The van der Waals surface area contributed by atoms with Gasteiger partial charge in [0.05, 0.1) is 39.9 Å². The maximum absolute atomic E-state index is 13.0. The molecule has 0 fully saturated rings. The highest BCUT2D eigenvalue weighted by molar-refractivity contribution is 7.47. The molecule has 3 unspecified atom stereocenters. The van der Waals surface area contributed by atoms with Gasteiger partial charge in [0.25, 0.3) is 0 Å². The number of carbonyl (C=O) groups excluding carboxylic acids is 1. The van der Waals surface area contributed by atoms with E-state index in [4.69, 9.17) is 9.05 Å². The van der Waals surface area contributed by atoms with Crippen LogP contribution in [0.25, 0.3) is 0 Å². The first kappa shape index (κ1) is 64.5. The predicted octanol–water partition coefficient (Wildman–Crippen LogP) is 16.8. The van der Waals surface area contributed by atoms with Crippen molar-refractivity contribution in [2.24, 2.45) is 0 Å². The van der Waals surface area contributed by atoms with Crippen LogP contribution in [0.4, 0.5) is 0 Å². The highest BCUT2D eigenvalue weighted by Gasteiger charge is 2.27. The molecule has 0 aliphatic carbocycles. The van der Waals surface area contributed by atoms with E-state index in [1.807, 2.05) is 27.2 Å². The average Bonchev–Trinajstić information content (AvgIpc) is 3.28. The van der Waals surface area contributed by atoms with Crippen molar-refractivity contribution >= 4 is 13.7 Å². The Morgan fingerprint density at radius 1 is 0.500 bits per heavy atom. The Labute approximate surface area is 409 Å². The molecular formula is C57H110N2O6P+. The van der Waals surface area contributed by atoms with Crippen LogP contribution in [0.5, 0.6) is 0 Å². The van der Waals surface area contributed by atoms with Crippen molar-refractivity contribution in [3.8, 4) is 0 Å². The number of amides is 1. The molecule has 388 valence electrons. The number of unbranched alkanes of at least 4 members (excludes halogenated alkanes) is 32. The lowest BCUT2D eigenvalue weighted by molar-refractivity contribution is -0.870. The van der Waals surface area contributed by atoms with E-state index in [2.05, 4.69) is 55.6 Å². The zero-order valence-corrected chi connectivity index (χ0v) is 45.1. The fraction of sp³-hybridized carbons (Fsp3) is 0.842. The fourth-order valence-electron chi connectivity index (χ4n) is 8.07. The van der Waals surface area contributed by atoms with E-state index in [1.54, 1.807) is 6.08 Å². The summed E-state index contributed by atoms with van der Waals surface area (Å²) in [6.45, 7) is 4.81. The van der Waals surface area contributed by atoms with Crippen molar-refractivity contribution < 1.29 is 32.9 Å². The van der Waals surface area contributed by atoms with Gasteiger partial charge >= 0.3 is 7.82 Å². The van der Waals surface area contributed by atoms with E-state index in [0.29, 0.717) is 17.4 Å². The largest absolute Gasteiger partial charge is 0.472 e. The van der Waals surface area contributed by atoms with E-state index >= 15 is 0 Å². The van der Waals surface area contributed by atoms with Gasteiger partial charge in [-0.2, -0.15) is 0 Å². The molecule has 0 aliphatic heterocycles. The summed E-state index contributed by atoms with van der Waals surface area (Å²) in [5.74, 6) is -0.190. The Kier molecular flexibility index (Phi) is 47.4. The first-order chi connectivity index (χ1) is 32.0. The lowest BCUT2D eigenvalue weighted by Gasteiger charge is -2.25. The van der Waals surface area contributed by atoms with Gasteiger partial charge in [-0.15, -0.1) is 0 Å². The molecule has 0 saturated heterocycles. The SMILES string of the molecule is CCCCCCCCCC/C=C\CCCCCCCCCCCCCC(=O)NC(COP(=O)(O)OCC[N+](C)(C)C)C(O)/C=C/CC/C=C/CC/C=C/CCCCCCCCCCCCC. The standard InChI is InChI=1S/C57H109N2O6P/c1-6-8-10-12-14-16-18-20-22-24-26-28-29-31-33-35-37-39-41-43-45-47-49-51-57(61)58-55(54-65-66(62,63)64-53-52-59(3,4)5)56(60)50-48-46-44-42-40-38-36-34-32-30-27-25-23-21-19-17-15-13-11-9-7-2/h24,26,32,34,40,42,48,50,55-56,60H,6-23,25,27-31,33,35-39,41,43-47,49,51-54H2,1-5H3,(H-,58,61,62,63)/p+1/b26-24-,34-32+,42-40+,50-48+. The maximum Gasteiger partial charge on any atom is 0.472 e. The highest BCUT2D eigenvalue weighted by Crippen LogP contribution is 2.43. The first-order valence-electron chi connectivity index (χ1n) is 28.0. The summed E-state index contributed by atoms with van der Waals surface area (Å²) in [5.41, 5.74) is 0. The molecule has 3 atom stereocenters. The summed E-state index contributed by atoms with van der Waals surface area (Å²) < 4.78 is 23.7. The molecule has 3 N–H and O–H groups in total. The van der Waals surface area contributed by atoms with Gasteiger partial charge in [-0.1, -0.05) is 229 Å². The van der Waals surface area contributed by atoms with Crippen LogP contribution in [0.2, 0.25) is 0 Å². The zero-order chi connectivity index (χ0) is 48.5. The minimum atomic E-state index is -4.36. The Morgan fingerprint density at radius 3 is 1.21 bits per heavy atom. The summed E-state index contributed by atoms with van der Waals surface area (Å²) in [5, 5.41) is 13.9. The normalized spacial score (nSPS) is 14.3. The van der Waals surface area contributed by atoms with Gasteiger partial charge in [0.2, 0.25) is 5.91 Å². The minimum Gasteiger partial charge on any atom is -0.387 e. The number of aliphatic hydroxyl groups excluding tert-OH is 1. The highest BCUT2D eigenvalue weighted by atomic mass is 31.2. The molecule has 0 radical (unpaired) electrons. The summed E-state index contributed by atoms with van der Waals surface area (Å²) in [6.07, 6.45) is 63.5. The minimum absolute atomic E-state index is 0.0531. The number of likely N-dealkylation sites (N-methyl/N-ethyl adjacent to an activating group) is 1. The number of aliphatic hydroxyl groups is 1. The van der Waals surface area contributed by atoms with Gasteiger partial charge in [0, 0.05) is 6.42 Å². The Morgan fingerprint density at radius 2 is 0.833 bits per heavy atom. The molecular weight excluding hydrogens is 840 g/mol. The van der Waals surface area contributed by atoms with E-state index in [-0.39, 0.29) is 19.1 Å². The molecule has 9 heteroatoms. The summed E-state index contributed by atoms with van der Waals surface area (Å²) in [6, 6.07) is -0.871. The summed E-state index contributed by atoms with van der Waals surface area (Å²) in [7, 11) is 1.55. The molecule has 0 bridgehead atoms. The monoisotopic (exact) mass is 950 g/mol. The van der Waals surface area contributed by atoms with Crippen LogP contribution < -0.4 is 5.32 Å². The molecule has 0 heterocycles. The second-order valence-electron chi connectivity index (χ2n) is 20.3. The van der Waals surface area contributed by atoms with Crippen molar-refractivity contribution in [1.29, 1.82) is 0 Å². The average molecular weight is 950 g/mol. The van der Waals surface area contributed by atoms with Gasteiger partial charge in [-0.3, -0.25) is 13.8 Å². The van der Waals surface area contributed by atoms with Gasteiger partial charge < -0.3 is 19.8 Å². The third-order valence-corrected chi connectivity index (χ3v) is 13.5. The number of nitrogens with one attached hydrogen (secondary N) is 1. The lowest BCUT2D eigenvalue weighted by Crippen LogP contribution is -2.45. The van der Waals surface area contributed by atoms with E-state index < -0.39 is 20.0 Å². The van der Waals surface area contributed by atoms with Crippen LogP contribution in [-0.2, 0) is 18.4 Å². The van der Waals surface area contributed by atoms with Crippen molar-refractivity contribution in [2.75, 3.05) is 40.9 Å². The maximum atomic E-state index is 13.0. The number of rotatable bonds is 51. The molecule has 0 aromatic carbocycles. The van der Waals surface area contributed by atoms with E-state index in [0.717, 1.165) is 44.9 Å². The third-order valence-electron chi connectivity index (χ3n) is 12.5. The lowest BCUT2D eigenvalue weighted by atomic mass is 10.0. The fourth-order valence-corrected chi connectivity index (χ4v) is 8.81. The molecule has 1 amide bonds. The Balaban J connectivity index is 4.31. The molecule has 0 aliphatic rings. The second-order valence-corrected chi connectivity index (χ2v) is 21.7. The van der Waals surface area contributed by atoms with Gasteiger partial charge in [0.15, 0.2) is 0 Å². The molecule has 0 saturated carbocycles. The van der Waals surface area contributed by atoms with Gasteiger partial charge in [0.1, 0.15) is 13.2 Å². The number of allylic oxidation sites excluding steroid dienone is 7. The van der Waals surface area contributed by atoms with Crippen LogP contribution in [0, 0.1) is 0 Å². The van der Waals surface area contributed by atoms with E-state index in [9.17, 15) is 19.4 Å². The molecule has 66 heavy (non-hydrogen) atoms. The number of nitrogens with zero attached hydrogens (tertiary/aromatic N) is 1.